The number of nitrogens with one attached hydrogen (secondary N) is 1. The molecule has 0 saturated carbocycles. The molecule has 106 valence electrons. The quantitative estimate of drug-likeness (QED) is 0.738. The maximum absolute atomic E-state index is 12.1. The molecular weight excluding hydrogens is 294 g/mol. The molecule has 0 aliphatic rings. The molecule has 10 heteroatoms. The van der Waals surface area contributed by atoms with Crippen LogP contribution in [0.25, 0.3) is 0 Å². The first-order valence-corrected chi connectivity index (χ1v) is 7.52. The van der Waals surface area contributed by atoms with Crippen molar-refractivity contribution in [3.05, 3.63) is 11.2 Å². The number of hydrogen-bond donors (Lipinski definition) is 2. The van der Waals surface area contributed by atoms with Crippen LogP contribution in [0.2, 0.25) is 0 Å². The zero-order valence-electron chi connectivity index (χ0n) is 10.3. The third-order valence-corrected chi connectivity index (χ3v) is 5.27. The maximum atomic E-state index is 12.1. The van der Waals surface area contributed by atoms with Gasteiger partial charge >= 0.3 is 5.97 Å². The van der Waals surface area contributed by atoms with E-state index in [9.17, 15) is 18.0 Å². The molecule has 0 aliphatic heterocycles. The van der Waals surface area contributed by atoms with E-state index in [4.69, 9.17) is 5.11 Å². The van der Waals surface area contributed by atoms with Crippen molar-refractivity contribution in [3.8, 4) is 0 Å². The van der Waals surface area contributed by atoms with Crippen LogP contribution in [0.3, 0.4) is 0 Å². The molecule has 19 heavy (non-hydrogen) atoms. The van der Waals surface area contributed by atoms with Gasteiger partial charge in [-0.3, -0.25) is 4.79 Å². The first-order chi connectivity index (χ1) is 8.80. The predicted octanol–water partition coefficient (Wildman–Crippen LogP) is -0.402. The van der Waals surface area contributed by atoms with Crippen molar-refractivity contribution >= 4 is 33.2 Å². The molecule has 0 atom stereocenters. The second kappa shape index (κ2) is 6.08. The molecule has 0 radical (unpaired) electrons. The van der Waals surface area contributed by atoms with E-state index in [1.54, 1.807) is 6.92 Å². The van der Waals surface area contributed by atoms with Crippen LogP contribution >= 0.6 is 11.3 Å². The number of likely N-dealkylation sites (N-methyl/N-ethyl adjacent to an activating group) is 2. The van der Waals surface area contributed by atoms with Crippen LogP contribution < -0.4 is 5.32 Å². The number of carbonyl (C=O) groups is 2. The molecule has 1 heterocycles. The van der Waals surface area contributed by atoms with Gasteiger partial charge in [0.05, 0.1) is 12.1 Å². The minimum Gasteiger partial charge on any atom is -0.476 e. The largest absolute Gasteiger partial charge is 0.476 e. The first kappa shape index (κ1) is 15.5. The van der Waals surface area contributed by atoms with Gasteiger partial charge < -0.3 is 10.4 Å². The van der Waals surface area contributed by atoms with Crippen molar-refractivity contribution in [1.82, 2.24) is 14.6 Å². The van der Waals surface area contributed by atoms with Gasteiger partial charge in [-0.25, -0.2) is 18.2 Å². The summed E-state index contributed by atoms with van der Waals surface area (Å²) in [6.07, 6.45) is 0. The number of aromatic carboxylic acids is 1. The average Bonchev–Trinajstić information content (AvgIpc) is 2.78. The summed E-state index contributed by atoms with van der Waals surface area (Å²) in [5.74, 6) is -1.89. The monoisotopic (exact) mass is 307 g/mol. The Kier molecular flexibility index (Phi) is 4.97. The molecule has 0 fully saturated rings. The van der Waals surface area contributed by atoms with E-state index in [0.29, 0.717) is 17.9 Å². The third kappa shape index (κ3) is 3.49. The lowest BCUT2D eigenvalue weighted by atomic mass is 10.5. The molecule has 8 nitrogen and oxygen atoms in total. The molecule has 1 amide bonds. The highest BCUT2D eigenvalue weighted by molar-refractivity contribution is 7.91. The number of sulfonamides is 1. The van der Waals surface area contributed by atoms with Crippen molar-refractivity contribution in [2.75, 3.05) is 20.1 Å². The fraction of sp³-hybridized carbons (Fsp3) is 0.444. The molecule has 0 aliphatic carbocycles. The molecule has 0 spiro atoms. The zero-order chi connectivity index (χ0) is 14.6. The summed E-state index contributed by atoms with van der Waals surface area (Å²) in [4.78, 5) is 25.7. The highest BCUT2D eigenvalue weighted by Crippen LogP contribution is 2.23. The van der Waals surface area contributed by atoms with Gasteiger partial charge in [0.2, 0.25) is 5.91 Å². The topological polar surface area (TPSA) is 117 Å². The lowest BCUT2D eigenvalue weighted by Crippen LogP contribution is -2.38. The zero-order valence-corrected chi connectivity index (χ0v) is 11.9. The molecule has 0 bridgehead atoms. The fourth-order valence-electron chi connectivity index (χ4n) is 1.24. The molecule has 1 rings (SSSR count). The van der Waals surface area contributed by atoms with Crippen LogP contribution in [-0.4, -0.2) is 54.8 Å². The van der Waals surface area contributed by atoms with Crippen LogP contribution in [0.1, 0.15) is 17.4 Å². The Morgan fingerprint density at radius 3 is 2.68 bits per heavy atom. The highest BCUT2D eigenvalue weighted by atomic mass is 32.2. The molecule has 1 aromatic rings. The Bertz CT molecular complexity index is 580. The van der Waals surface area contributed by atoms with Gasteiger partial charge in [0, 0.05) is 13.6 Å². The summed E-state index contributed by atoms with van der Waals surface area (Å²) >= 11 is 0.700. The maximum Gasteiger partial charge on any atom is 0.356 e. The standard InChI is InChI=1S/C9H13N3O5S2/c1-3-10-6(13)4-12(2)19(16,17)9-7(8(14)15)11-5-18-9/h5H,3-4H2,1-2H3,(H,10,13)(H,14,15). The Morgan fingerprint density at radius 2 is 2.16 bits per heavy atom. The van der Waals surface area contributed by atoms with Crippen molar-refractivity contribution in [2.45, 2.75) is 11.1 Å². The number of thiazole rings is 1. The summed E-state index contributed by atoms with van der Waals surface area (Å²) in [5.41, 5.74) is 0.601. The minimum absolute atomic E-state index is 0.382. The Labute approximate surface area is 114 Å². The number of aromatic nitrogens is 1. The normalized spacial score (nSPS) is 11.5. The van der Waals surface area contributed by atoms with Gasteiger partial charge in [0.1, 0.15) is 0 Å². The van der Waals surface area contributed by atoms with E-state index in [-0.39, 0.29) is 10.8 Å². The Balaban J connectivity index is 3.00. The van der Waals surface area contributed by atoms with E-state index in [1.807, 2.05) is 0 Å². The molecule has 0 aromatic carbocycles. The van der Waals surface area contributed by atoms with Gasteiger partial charge in [-0.2, -0.15) is 4.31 Å². The second-order valence-corrected chi connectivity index (χ2v) is 6.60. The van der Waals surface area contributed by atoms with Crippen LogP contribution in [0.15, 0.2) is 9.72 Å². The SMILES string of the molecule is CCNC(=O)CN(C)S(=O)(=O)c1scnc1C(=O)O. The lowest BCUT2D eigenvalue weighted by Gasteiger charge is -2.15. The number of rotatable bonds is 6. The first-order valence-electron chi connectivity index (χ1n) is 5.20. The van der Waals surface area contributed by atoms with E-state index < -0.39 is 27.6 Å². The van der Waals surface area contributed by atoms with Crippen LogP contribution in [-0.2, 0) is 14.8 Å². The smallest absolute Gasteiger partial charge is 0.356 e. The van der Waals surface area contributed by atoms with E-state index in [1.165, 1.54) is 7.05 Å². The lowest BCUT2D eigenvalue weighted by molar-refractivity contribution is -0.121. The van der Waals surface area contributed by atoms with Crippen molar-refractivity contribution in [3.63, 3.8) is 0 Å². The van der Waals surface area contributed by atoms with Crippen LogP contribution in [0, 0.1) is 0 Å². The van der Waals surface area contributed by atoms with Crippen molar-refractivity contribution < 1.29 is 23.1 Å². The number of hydrogen-bond acceptors (Lipinski definition) is 6. The average molecular weight is 307 g/mol. The molecule has 2 N–H and O–H groups in total. The number of carboxylic acids is 1. The Hall–Kier alpha value is -1.52. The minimum atomic E-state index is -4.04. The number of nitrogens with zero attached hydrogens (tertiary/aromatic N) is 2. The van der Waals surface area contributed by atoms with Gasteiger partial charge in [-0.1, -0.05) is 0 Å². The van der Waals surface area contributed by atoms with Gasteiger partial charge in [-0.15, -0.1) is 11.3 Å². The molecule has 0 saturated heterocycles. The van der Waals surface area contributed by atoms with Gasteiger partial charge in [0.15, 0.2) is 9.90 Å². The van der Waals surface area contributed by atoms with E-state index in [2.05, 4.69) is 10.3 Å². The number of amides is 1. The summed E-state index contributed by atoms with van der Waals surface area (Å²) in [6.45, 7) is 1.71. The molecule has 1 aromatic heterocycles. The molecule has 0 unspecified atom stereocenters. The summed E-state index contributed by atoms with van der Waals surface area (Å²) in [7, 11) is -2.83. The fourth-order valence-corrected chi connectivity index (χ4v) is 3.70. The highest BCUT2D eigenvalue weighted by Gasteiger charge is 2.30. The third-order valence-electron chi connectivity index (χ3n) is 2.12. The summed E-state index contributed by atoms with van der Waals surface area (Å²) in [6, 6.07) is 0. The number of carboxylic acid groups (broad SMARTS) is 1. The van der Waals surface area contributed by atoms with Crippen LogP contribution in [0.5, 0.6) is 0 Å². The summed E-state index contributed by atoms with van der Waals surface area (Å²) in [5, 5.41) is 11.3. The van der Waals surface area contributed by atoms with Gasteiger partial charge in [0.25, 0.3) is 10.0 Å². The molecular formula is C9H13N3O5S2. The van der Waals surface area contributed by atoms with Crippen molar-refractivity contribution in [2.24, 2.45) is 0 Å². The van der Waals surface area contributed by atoms with Crippen LogP contribution in [0.4, 0.5) is 0 Å². The van der Waals surface area contributed by atoms with Gasteiger partial charge in [-0.05, 0) is 6.92 Å². The predicted molar refractivity (Wildman–Crippen MR) is 67.6 cm³/mol. The Morgan fingerprint density at radius 1 is 1.53 bits per heavy atom. The second-order valence-electron chi connectivity index (χ2n) is 3.51. The van der Waals surface area contributed by atoms with E-state index in [0.717, 1.165) is 9.82 Å². The van der Waals surface area contributed by atoms with E-state index >= 15 is 0 Å². The number of carbonyl (C=O) groups excluding carboxylic acids is 1. The van der Waals surface area contributed by atoms with Crippen molar-refractivity contribution in [1.29, 1.82) is 0 Å². The summed E-state index contributed by atoms with van der Waals surface area (Å²) < 4.78 is 24.6.